The van der Waals surface area contributed by atoms with Crippen molar-refractivity contribution in [2.75, 3.05) is 6.54 Å². The Balaban J connectivity index is 2.13. The lowest BCUT2D eigenvalue weighted by Crippen LogP contribution is -2.14. The van der Waals surface area contributed by atoms with E-state index in [1.807, 2.05) is 30.3 Å². The highest BCUT2D eigenvalue weighted by Gasteiger charge is 2.22. The van der Waals surface area contributed by atoms with Crippen molar-refractivity contribution < 1.29 is 4.74 Å². The monoisotopic (exact) mass is 226 g/mol. The van der Waals surface area contributed by atoms with Crippen molar-refractivity contribution >= 4 is 0 Å². The van der Waals surface area contributed by atoms with Gasteiger partial charge in [0.25, 0.3) is 0 Å². The first-order chi connectivity index (χ1) is 8.38. The summed E-state index contributed by atoms with van der Waals surface area (Å²) in [6, 6.07) is 12.0. The summed E-state index contributed by atoms with van der Waals surface area (Å²) in [5.41, 5.74) is 8.16. The van der Waals surface area contributed by atoms with Crippen LogP contribution in [-0.2, 0) is 6.42 Å². The number of nitrogens with two attached hydrogens (primary N) is 1. The number of fused-ring (bicyclic) bond motifs is 2. The van der Waals surface area contributed by atoms with Crippen LogP contribution in [0.1, 0.15) is 17.0 Å². The third kappa shape index (κ3) is 1.78. The molecule has 2 heterocycles. The van der Waals surface area contributed by atoms with E-state index in [4.69, 9.17) is 10.5 Å². The summed E-state index contributed by atoms with van der Waals surface area (Å²) in [4.78, 5) is 4.30. The molecule has 0 aliphatic carbocycles. The molecular weight excluding hydrogens is 212 g/mol. The SMILES string of the molecule is NCC1Cc2ccccc2Oc2ncccc21. The molecule has 0 saturated heterocycles. The maximum Gasteiger partial charge on any atom is 0.222 e. The molecule has 17 heavy (non-hydrogen) atoms. The molecule has 1 aromatic carbocycles. The molecule has 1 unspecified atom stereocenters. The zero-order chi connectivity index (χ0) is 11.7. The summed E-state index contributed by atoms with van der Waals surface area (Å²) in [6.07, 6.45) is 2.66. The zero-order valence-electron chi connectivity index (χ0n) is 9.47. The van der Waals surface area contributed by atoms with Gasteiger partial charge in [-0.15, -0.1) is 0 Å². The van der Waals surface area contributed by atoms with E-state index < -0.39 is 0 Å². The van der Waals surface area contributed by atoms with Crippen LogP contribution in [0.5, 0.6) is 11.6 Å². The first-order valence-corrected chi connectivity index (χ1v) is 5.79. The molecule has 3 rings (SSSR count). The van der Waals surface area contributed by atoms with E-state index in [0.717, 1.165) is 17.7 Å². The third-order valence-corrected chi connectivity index (χ3v) is 3.17. The number of nitrogens with zero attached hydrogens (tertiary/aromatic N) is 1. The van der Waals surface area contributed by atoms with Crippen molar-refractivity contribution in [2.45, 2.75) is 12.3 Å². The van der Waals surface area contributed by atoms with Gasteiger partial charge in [0.15, 0.2) is 0 Å². The average Bonchev–Trinajstić information content (AvgIpc) is 2.54. The van der Waals surface area contributed by atoms with Crippen LogP contribution in [0.3, 0.4) is 0 Å². The quantitative estimate of drug-likeness (QED) is 0.812. The first kappa shape index (κ1) is 10.3. The molecular formula is C14H14N2O. The topological polar surface area (TPSA) is 48.1 Å². The Kier molecular flexibility index (Phi) is 2.53. The fourth-order valence-corrected chi connectivity index (χ4v) is 2.26. The highest BCUT2D eigenvalue weighted by Crippen LogP contribution is 2.37. The number of benzene rings is 1. The minimum Gasteiger partial charge on any atom is -0.438 e. The van der Waals surface area contributed by atoms with Crippen molar-refractivity contribution in [3.63, 3.8) is 0 Å². The smallest absolute Gasteiger partial charge is 0.222 e. The summed E-state index contributed by atoms with van der Waals surface area (Å²) < 4.78 is 5.87. The minimum atomic E-state index is 0.280. The molecule has 0 bridgehead atoms. The predicted octanol–water partition coefficient (Wildman–Crippen LogP) is 2.47. The maximum absolute atomic E-state index is 5.87. The van der Waals surface area contributed by atoms with Gasteiger partial charge in [-0.05, 0) is 30.7 Å². The highest BCUT2D eigenvalue weighted by atomic mass is 16.5. The number of ether oxygens (including phenoxy) is 1. The summed E-state index contributed by atoms with van der Waals surface area (Å²) in [6.45, 7) is 0.608. The van der Waals surface area contributed by atoms with Crippen LogP contribution < -0.4 is 10.5 Å². The molecule has 0 radical (unpaired) electrons. The first-order valence-electron chi connectivity index (χ1n) is 5.79. The number of rotatable bonds is 1. The molecule has 0 spiro atoms. The van der Waals surface area contributed by atoms with E-state index in [1.54, 1.807) is 6.20 Å². The molecule has 2 N–H and O–H groups in total. The number of hydrogen-bond acceptors (Lipinski definition) is 3. The van der Waals surface area contributed by atoms with Crippen LogP contribution in [0, 0.1) is 0 Å². The van der Waals surface area contributed by atoms with Gasteiger partial charge >= 0.3 is 0 Å². The van der Waals surface area contributed by atoms with E-state index in [2.05, 4.69) is 11.1 Å². The van der Waals surface area contributed by atoms with Crippen LogP contribution in [-0.4, -0.2) is 11.5 Å². The van der Waals surface area contributed by atoms with E-state index >= 15 is 0 Å². The van der Waals surface area contributed by atoms with Gasteiger partial charge in [-0.1, -0.05) is 24.3 Å². The van der Waals surface area contributed by atoms with Crippen molar-refractivity contribution in [3.8, 4) is 11.6 Å². The average molecular weight is 226 g/mol. The molecule has 2 aromatic rings. The largest absolute Gasteiger partial charge is 0.438 e. The second-order valence-electron chi connectivity index (χ2n) is 4.24. The van der Waals surface area contributed by atoms with Gasteiger partial charge in [-0.25, -0.2) is 4.98 Å². The van der Waals surface area contributed by atoms with Crippen LogP contribution >= 0.6 is 0 Å². The van der Waals surface area contributed by atoms with Gasteiger partial charge in [-0.3, -0.25) is 0 Å². The Morgan fingerprint density at radius 2 is 2.12 bits per heavy atom. The fraction of sp³-hybridized carbons (Fsp3) is 0.214. The molecule has 86 valence electrons. The lowest BCUT2D eigenvalue weighted by Gasteiger charge is -2.12. The Morgan fingerprint density at radius 3 is 3.00 bits per heavy atom. The number of hydrogen-bond donors (Lipinski definition) is 1. The van der Waals surface area contributed by atoms with Gasteiger partial charge in [0, 0.05) is 17.7 Å². The summed E-state index contributed by atoms with van der Waals surface area (Å²) in [7, 11) is 0. The molecule has 0 saturated carbocycles. The number of pyridine rings is 1. The van der Waals surface area contributed by atoms with Crippen LogP contribution in [0.15, 0.2) is 42.6 Å². The molecule has 3 nitrogen and oxygen atoms in total. The van der Waals surface area contributed by atoms with Crippen molar-refractivity contribution in [3.05, 3.63) is 53.7 Å². The van der Waals surface area contributed by atoms with Gasteiger partial charge in [0.1, 0.15) is 5.75 Å². The van der Waals surface area contributed by atoms with Gasteiger partial charge < -0.3 is 10.5 Å². The van der Waals surface area contributed by atoms with Crippen molar-refractivity contribution in [2.24, 2.45) is 5.73 Å². The molecule has 0 amide bonds. The van der Waals surface area contributed by atoms with Crippen molar-refractivity contribution in [1.82, 2.24) is 4.98 Å². The Hall–Kier alpha value is -1.87. The summed E-state index contributed by atoms with van der Waals surface area (Å²) in [5, 5.41) is 0. The Labute approximate surface area is 100 Å². The van der Waals surface area contributed by atoms with Gasteiger partial charge in [-0.2, -0.15) is 0 Å². The van der Waals surface area contributed by atoms with E-state index in [0.29, 0.717) is 12.4 Å². The molecule has 1 aliphatic heterocycles. The number of aromatic nitrogens is 1. The predicted molar refractivity (Wildman–Crippen MR) is 66.3 cm³/mol. The van der Waals surface area contributed by atoms with E-state index in [-0.39, 0.29) is 5.92 Å². The molecule has 3 heteroatoms. The summed E-state index contributed by atoms with van der Waals surface area (Å²) in [5.74, 6) is 1.86. The van der Waals surface area contributed by atoms with E-state index in [9.17, 15) is 0 Å². The normalized spacial score (nSPS) is 17.6. The molecule has 0 fully saturated rings. The van der Waals surface area contributed by atoms with Crippen LogP contribution in [0.2, 0.25) is 0 Å². The fourth-order valence-electron chi connectivity index (χ4n) is 2.26. The molecule has 1 atom stereocenters. The van der Waals surface area contributed by atoms with E-state index in [1.165, 1.54) is 5.56 Å². The van der Waals surface area contributed by atoms with Crippen molar-refractivity contribution in [1.29, 1.82) is 0 Å². The lowest BCUT2D eigenvalue weighted by molar-refractivity contribution is 0.458. The Morgan fingerprint density at radius 1 is 1.24 bits per heavy atom. The second-order valence-corrected chi connectivity index (χ2v) is 4.24. The lowest BCUT2D eigenvalue weighted by atomic mass is 9.93. The molecule has 1 aliphatic rings. The Bertz CT molecular complexity index is 539. The van der Waals surface area contributed by atoms with Crippen LogP contribution in [0.4, 0.5) is 0 Å². The maximum atomic E-state index is 5.87. The standard InChI is InChI=1S/C14H14N2O/c15-9-11-8-10-4-1-2-6-13(10)17-14-12(11)5-3-7-16-14/h1-7,11H,8-9,15H2. The summed E-state index contributed by atoms with van der Waals surface area (Å²) >= 11 is 0. The van der Waals surface area contributed by atoms with Gasteiger partial charge in [0.05, 0.1) is 0 Å². The zero-order valence-corrected chi connectivity index (χ0v) is 9.47. The number of para-hydroxylation sites is 1. The van der Waals surface area contributed by atoms with Gasteiger partial charge in [0.2, 0.25) is 5.88 Å². The van der Waals surface area contributed by atoms with Crippen LogP contribution in [0.25, 0.3) is 0 Å². The third-order valence-electron chi connectivity index (χ3n) is 3.17. The molecule has 1 aromatic heterocycles. The highest BCUT2D eigenvalue weighted by molar-refractivity contribution is 5.43. The minimum absolute atomic E-state index is 0.280. The second kappa shape index (κ2) is 4.18.